The number of hydrogen-bond acceptors (Lipinski definition) is 2. The number of halogens is 1. The first kappa shape index (κ1) is 10.0. The molecular formula is C9H14ClNS. The summed E-state index contributed by atoms with van der Waals surface area (Å²) in [5, 5.41) is 2.23. The molecule has 1 aliphatic rings. The molecule has 2 rings (SSSR count). The first-order chi connectivity index (χ1) is 5.29. The molecule has 0 saturated carbocycles. The summed E-state index contributed by atoms with van der Waals surface area (Å²) in [7, 11) is 0. The van der Waals surface area contributed by atoms with Crippen molar-refractivity contribution in [2.75, 3.05) is 0 Å². The molecule has 1 nitrogen and oxygen atoms in total. The molecule has 1 aromatic heterocycles. The summed E-state index contributed by atoms with van der Waals surface area (Å²) in [6.45, 7) is 2.17. The normalized spacial score (nSPS) is 21.3. The van der Waals surface area contributed by atoms with Gasteiger partial charge in [-0.2, -0.15) is 0 Å². The molecule has 3 heteroatoms. The minimum atomic E-state index is 0. The molecule has 0 amide bonds. The predicted octanol–water partition coefficient (Wildman–Crippen LogP) is 2.81. The Morgan fingerprint density at radius 2 is 2.33 bits per heavy atom. The molecule has 0 fully saturated rings. The van der Waals surface area contributed by atoms with Crippen LogP contribution in [-0.4, -0.2) is 0 Å². The van der Waals surface area contributed by atoms with E-state index in [9.17, 15) is 0 Å². The van der Waals surface area contributed by atoms with E-state index in [1.807, 2.05) is 11.3 Å². The van der Waals surface area contributed by atoms with Crippen molar-refractivity contribution < 1.29 is 0 Å². The lowest BCUT2D eigenvalue weighted by atomic mass is 9.92. The Balaban J connectivity index is 0.000000720. The Bertz CT molecular complexity index is 269. The highest BCUT2D eigenvalue weighted by molar-refractivity contribution is 7.10. The van der Waals surface area contributed by atoms with Crippen LogP contribution in [0.1, 0.15) is 34.9 Å². The molecule has 1 aromatic rings. The van der Waals surface area contributed by atoms with Gasteiger partial charge in [-0.25, -0.2) is 0 Å². The maximum atomic E-state index is 6.00. The number of rotatable bonds is 0. The van der Waals surface area contributed by atoms with E-state index in [1.54, 1.807) is 0 Å². The van der Waals surface area contributed by atoms with Crippen molar-refractivity contribution in [1.29, 1.82) is 0 Å². The van der Waals surface area contributed by atoms with Gasteiger partial charge in [-0.3, -0.25) is 0 Å². The molecule has 1 heterocycles. The summed E-state index contributed by atoms with van der Waals surface area (Å²) >= 11 is 1.88. The average molecular weight is 204 g/mol. The number of nitrogens with two attached hydrogens (primary N) is 1. The lowest BCUT2D eigenvalue weighted by Gasteiger charge is -2.19. The molecule has 0 aromatic carbocycles. The molecule has 1 atom stereocenters. The summed E-state index contributed by atoms with van der Waals surface area (Å²) in [6.07, 6.45) is 3.69. The molecule has 0 radical (unpaired) electrons. The molecule has 0 bridgehead atoms. The third-order valence-corrected chi connectivity index (χ3v) is 3.57. The summed E-state index contributed by atoms with van der Waals surface area (Å²) in [4.78, 5) is 1.53. The van der Waals surface area contributed by atoms with Gasteiger partial charge in [0.25, 0.3) is 0 Å². The quantitative estimate of drug-likeness (QED) is 0.690. The third kappa shape index (κ3) is 1.51. The van der Waals surface area contributed by atoms with Gasteiger partial charge in [-0.1, -0.05) is 0 Å². The zero-order valence-electron chi connectivity index (χ0n) is 7.17. The molecule has 1 aliphatic carbocycles. The van der Waals surface area contributed by atoms with Crippen LogP contribution in [0.5, 0.6) is 0 Å². The Morgan fingerprint density at radius 3 is 3.00 bits per heavy atom. The van der Waals surface area contributed by atoms with Crippen molar-refractivity contribution in [3.63, 3.8) is 0 Å². The minimum absolute atomic E-state index is 0. The van der Waals surface area contributed by atoms with Gasteiger partial charge in [0.05, 0.1) is 0 Å². The molecular weight excluding hydrogens is 190 g/mol. The second-order valence-corrected chi connectivity index (χ2v) is 4.22. The van der Waals surface area contributed by atoms with Crippen molar-refractivity contribution in [3.05, 3.63) is 21.4 Å². The Labute approximate surface area is 83.4 Å². The van der Waals surface area contributed by atoms with Crippen LogP contribution in [0.4, 0.5) is 0 Å². The van der Waals surface area contributed by atoms with Crippen LogP contribution in [0.25, 0.3) is 0 Å². The van der Waals surface area contributed by atoms with Gasteiger partial charge >= 0.3 is 0 Å². The smallest absolute Gasteiger partial charge is 0.0308 e. The number of aryl methyl sites for hydroxylation is 2. The first-order valence-corrected chi connectivity index (χ1v) is 4.99. The van der Waals surface area contributed by atoms with Crippen LogP contribution in [0.2, 0.25) is 0 Å². The summed E-state index contributed by atoms with van der Waals surface area (Å²) in [5.41, 5.74) is 8.84. The van der Waals surface area contributed by atoms with E-state index in [1.165, 1.54) is 35.3 Å². The van der Waals surface area contributed by atoms with Gasteiger partial charge in [0.1, 0.15) is 0 Å². The van der Waals surface area contributed by atoms with Gasteiger partial charge in [0, 0.05) is 10.9 Å². The summed E-state index contributed by atoms with van der Waals surface area (Å²) < 4.78 is 0. The van der Waals surface area contributed by atoms with Crippen molar-refractivity contribution in [3.8, 4) is 0 Å². The first-order valence-electron chi connectivity index (χ1n) is 4.11. The van der Waals surface area contributed by atoms with Gasteiger partial charge < -0.3 is 5.73 Å². The topological polar surface area (TPSA) is 26.0 Å². The molecule has 68 valence electrons. The number of fused-ring (bicyclic) bond motifs is 1. The molecule has 0 saturated heterocycles. The standard InChI is InChI=1S/C9H13NS.ClH/c1-6-5-11-8-4-2-3-7(10)9(6)8;/h5,7H,2-4,10H2,1H3;1H. The summed E-state index contributed by atoms with van der Waals surface area (Å²) in [6, 6.07) is 0.324. The van der Waals surface area contributed by atoms with Crippen LogP contribution in [0, 0.1) is 6.92 Å². The third-order valence-electron chi connectivity index (χ3n) is 2.39. The predicted molar refractivity (Wildman–Crippen MR) is 56.2 cm³/mol. The number of hydrogen-bond donors (Lipinski definition) is 1. The van der Waals surface area contributed by atoms with E-state index in [4.69, 9.17) is 5.73 Å². The van der Waals surface area contributed by atoms with Crippen molar-refractivity contribution >= 4 is 23.7 Å². The Kier molecular flexibility index (Phi) is 3.16. The SMILES string of the molecule is Cc1csc2c1C(N)CCC2.Cl. The monoisotopic (exact) mass is 203 g/mol. The maximum Gasteiger partial charge on any atom is 0.0308 e. The van der Waals surface area contributed by atoms with Crippen LogP contribution in [0.3, 0.4) is 0 Å². The fraction of sp³-hybridized carbons (Fsp3) is 0.556. The van der Waals surface area contributed by atoms with Crippen molar-refractivity contribution in [2.45, 2.75) is 32.2 Å². The van der Waals surface area contributed by atoms with Gasteiger partial charge in [-0.15, -0.1) is 23.7 Å². The lowest BCUT2D eigenvalue weighted by molar-refractivity contribution is 0.575. The molecule has 2 N–H and O–H groups in total. The second kappa shape index (κ2) is 3.77. The minimum Gasteiger partial charge on any atom is -0.324 e. The van der Waals surface area contributed by atoms with Crippen LogP contribution in [-0.2, 0) is 6.42 Å². The highest BCUT2D eigenvalue weighted by atomic mass is 35.5. The Hall–Kier alpha value is -0.0500. The zero-order valence-corrected chi connectivity index (χ0v) is 8.80. The summed E-state index contributed by atoms with van der Waals surface area (Å²) in [5.74, 6) is 0. The van der Waals surface area contributed by atoms with E-state index in [2.05, 4.69) is 12.3 Å². The molecule has 1 unspecified atom stereocenters. The molecule has 0 aliphatic heterocycles. The molecule has 12 heavy (non-hydrogen) atoms. The zero-order chi connectivity index (χ0) is 7.84. The fourth-order valence-electron chi connectivity index (χ4n) is 1.83. The van der Waals surface area contributed by atoms with Gasteiger partial charge in [0.2, 0.25) is 0 Å². The second-order valence-electron chi connectivity index (χ2n) is 3.25. The van der Waals surface area contributed by atoms with E-state index in [0.29, 0.717) is 6.04 Å². The largest absolute Gasteiger partial charge is 0.324 e. The van der Waals surface area contributed by atoms with Gasteiger partial charge in [0.15, 0.2) is 0 Å². The average Bonchev–Trinajstić information content (AvgIpc) is 2.34. The van der Waals surface area contributed by atoms with Gasteiger partial charge in [-0.05, 0) is 42.7 Å². The van der Waals surface area contributed by atoms with Crippen molar-refractivity contribution in [2.24, 2.45) is 5.73 Å². The highest BCUT2D eigenvalue weighted by Gasteiger charge is 2.19. The van der Waals surface area contributed by atoms with Crippen molar-refractivity contribution in [1.82, 2.24) is 0 Å². The fourth-order valence-corrected chi connectivity index (χ4v) is 2.97. The van der Waals surface area contributed by atoms with Crippen LogP contribution >= 0.6 is 23.7 Å². The molecule has 0 spiro atoms. The Morgan fingerprint density at radius 1 is 1.58 bits per heavy atom. The van der Waals surface area contributed by atoms with E-state index >= 15 is 0 Å². The van der Waals surface area contributed by atoms with E-state index in [0.717, 1.165) is 0 Å². The van der Waals surface area contributed by atoms with E-state index in [-0.39, 0.29) is 12.4 Å². The van der Waals surface area contributed by atoms with E-state index < -0.39 is 0 Å². The maximum absolute atomic E-state index is 6.00. The lowest BCUT2D eigenvalue weighted by Crippen LogP contribution is -2.16. The van der Waals surface area contributed by atoms with Crippen LogP contribution in [0.15, 0.2) is 5.38 Å². The number of thiophene rings is 1. The highest BCUT2D eigenvalue weighted by Crippen LogP contribution is 2.34. The van der Waals surface area contributed by atoms with Crippen LogP contribution < -0.4 is 5.73 Å².